The van der Waals surface area contributed by atoms with E-state index in [0.717, 1.165) is 25.6 Å². The zero-order chi connectivity index (χ0) is 9.14. The second kappa shape index (κ2) is 5.29. The van der Waals surface area contributed by atoms with Crippen LogP contribution in [0.1, 0.15) is 13.3 Å². The summed E-state index contributed by atoms with van der Waals surface area (Å²) < 4.78 is 2.07. The van der Waals surface area contributed by atoms with E-state index in [9.17, 15) is 0 Å². The average molecular weight is 207 g/mol. The molecule has 0 aromatic rings. The summed E-state index contributed by atoms with van der Waals surface area (Å²) in [6.07, 6.45) is 1.17. The van der Waals surface area contributed by atoms with Gasteiger partial charge < -0.3 is 12.4 Å². The standard InChI is InChI=1S/C8H19N4.ClH/c1-4-5-11-6-7-12(9)8(11)10(2)3;/h4-7,9H2,1-3H3;1H/q+1;/p-1. The van der Waals surface area contributed by atoms with Crippen molar-refractivity contribution in [2.75, 3.05) is 33.7 Å². The molecule has 1 aliphatic rings. The minimum atomic E-state index is 0. The topological polar surface area (TPSA) is 35.5 Å². The second-order valence-corrected chi connectivity index (χ2v) is 3.37. The largest absolute Gasteiger partial charge is 1.00 e. The Morgan fingerprint density at radius 1 is 1.38 bits per heavy atom. The van der Waals surface area contributed by atoms with Crippen LogP contribution in [0.4, 0.5) is 0 Å². The van der Waals surface area contributed by atoms with Crippen molar-refractivity contribution in [2.45, 2.75) is 13.3 Å². The predicted octanol–water partition coefficient (Wildman–Crippen LogP) is -3.48. The van der Waals surface area contributed by atoms with E-state index in [1.165, 1.54) is 6.42 Å². The zero-order valence-corrected chi connectivity index (χ0v) is 9.38. The highest BCUT2D eigenvalue weighted by Gasteiger charge is 2.32. The smallest absolute Gasteiger partial charge is 0.367 e. The molecule has 4 nitrogen and oxygen atoms in total. The number of rotatable bonds is 2. The molecule has 0 aromatic heterocycles. The number of nitrogens with two attached hydrogens (primary N) is 1. The van der Waals surface area contributed by atoms with Gasteiger partial charge in [-0.25, -0.2) is 0 Å². The minimum absolute atomic E-state index is 0. The van der Waals surface area contributed by atoms with E-state index in [-0.39, 0.29) is 12.4 Å². The summed E-state index contributed by atoms with van der Waals surface area (Å²) in [5.41, 5.74) is 0. The maximum Gasteiger partial charge on any atom is 0.367 e. The summed E-state index contributed by atoms with van der Waals surface area (Å²) in [5.74, 6) is 6.95. The van der Waals surface area contributed by atoms with E-state index in [4.69, 9.17) is 5.84 Å². The van der Waals surface area contributed by atoms with Crippen LogP contribution in [0.25, 0.3) is 0 Å². The third kappa shape index (κ3) is 2.74. The average Bonchev–Trinajstić information content (AvgIpc) is 2.32. The van der Waals surface area contributed by atoms with Gasteiger partial charge >= 0.3 is 5.96 Å². The number of hydrogen-bond donors (Lipinski definition) is 1. The normalized spacial score (nSPS) is 16.2. The molecule has 1 fully saturated rings. The highest BCUT2D eigenvalue weighted by molar-refractivity contribution is 5.76. The van der Waals surface area contributed by atoms with Crippen LogP contribution in [-0.4, -0.2) is 54.2 Å². The number of nitrogens with zero attached hydrogens (tertiary/aromatic N) is 3. The van der Waals surface area contributed by atoms with Crippen molar-refractivity contribution in [1.29, 1.82) is 0 Å². The summed E-state index contributed by atoms with van der Waals surface area (Å²) in [5, 5.41) is 1.82. The Bertz CT molecular complexity index is 187. The zero-order valence-electron chi connectivity index (χ0n) is 8.63. The van der Waals surface area contributed by atoms with Crippen LogP contribution >= 0.6 is 0 Å². The summed E-state index contributed by atoms with van der Waals surface area (Å²) in [6, 6.07) is 0. The molecule has 0 unspecified atom stereocenters. The highest BCUT2D eigenvalue weighted by atomic mass is 35.5. The van der Waals surface area contributed by atoms with Crippen LogP contribution in [0.3, 0.4) is 0 Å². The van der Waals surface area contributed by atoms with Gasteiger partial charge in [0.05, 0.1) is 27.2 Å². The summed E-state index contributed by atoms with van der Waals surface area (Å²) in [6.45, 7) is 5.28. The summed E-state index contributed by atoms with van der Waals surface area (Å²) >= 11 is 0. The van der Waals surface area contributed by atoms with Crippen molar-refractivity contribution in [2.24, 2.45) is 5.84 Å². The van der Waals surface area contributed by atoms with Gasteiger partial charge in [0.25, 0.3) is 0 Å². The Balaban J connectivity index is 0.00000144. The van der Waals surface area contributed by atoms with Gasteiger partial charge in [0, 0.05) is 0 Å². The van der Waals surface area contributed by atoms with Crippen molar-refractivity contribution >= 4 is 5.96 Å². The van der Waals surface area contributed by atoms with Crippen LogP contribution in [0.2, 0.25) is 0 Å². The van der Waals surface area contributed by atoms with E-state index < -0.39 is 0 Å². The van der Waals surface area contributed by atoms with Crippen molar-refractivity contribution in [3.05, 3.63) is 0 Å². The molecule has 0 radical (unpaired) electrons. The molecular weight excluding hydrogens is 188 g/mol. The molecular formula is C8H19ClN4. The van der Waals surface area contributed by atoms with Crippen molar-refractivity contribution in [3.63, 3.8) is 0 Å². The first-order valence-corrected chi connectivity index (χ1v) is 4.48. The van der Waals surface area contributed by atoms with Gasteiger partial charge in [0.2, 0.25) is 0 Å². The molecule has 1 aliphatic heterocycles. The lowest BCUT2D eigenvalue weighted by atomic mass is 10.4. The molecule has 13 heavy (non-hydrogen) atoms. The van der Waals surface area contributed by atoms with E-state index >= 15 is 0 Å². The highest BCUT2D eigenvalue weighted by Crippen LogP contribution is 2.03. The Labute approximate surface area is 86.4 Å². The lowest BCUT2D eigenvalue weighted by Crippen LogP contribution is -3.00. The summed E-state index contributed by atoms with van der Waals surface area (Å²) in [4.78, 5) is 2.32. The molecule has 0 atom stereocenters. The Morgan fingerprint density at radius 3 is 2.46 bits per heavy atom. The molecule has 0 saturated carbocycles. The number of hydrogen-bond acceptors (Lipinski definition) is 1. The Hall–Kier alpha value is -0.480. The molecule has 0 aliphatic carbocycles. The third-order valence-corrected chi connectivity index (χ3v) is 2.04. The van der Waals surface area contributed by atoms with Crippen molar-refractivity contribution in [3.8, 4) is 0 Å². The minimum Gasteiger partial charge on any atom is -1.00 e. The Morgan fingerprint density at radius 2 is 2.00 bits per heavy atom. The summed E-state index contributed by atoms with van der Waals surface area (Å²) in [7, 11) is 4.06. The van der Waals surface area contributed by atoms with Crippen LogP contribution in [-0.2, 0) is 0 Å². The maximum absolute atomic E-state index is 5.81. The van der Waals surface area contributed by atoms with Crippen LogP contribution in [0, 0.1) is 0 Å². The molecule has 1 saturated heterocycles. The SMILES string of the molecule is CCCN1CCN(N)C1=[N+](C)C.[Cl-]. The first kappa shape index (κ1) is 12.5. The Kier molecular flexibility index (Phi) is 5.10. The molecule has 1 rings (SSSR count). The molecule has 78 valence electrons. The monoisotopic (exact) mass is 206 g/mol. The fourth-order valence-corrected chi connectivity index (χ4v) is 1.63. The van der Waals surface area contributed by atoms with E-state index in [1.54, 1.807) is 0 Å². The number of guanidine groups is 1. The molecule has 0 amide bonds. The van der Waals surface area contributed by atoms with Gasteiger partial charge in [-0.1, -0.05) is 6.92 Å². The van der Waals surface area contributed by atoms with Crippen molar-refractivity contribution < 1.29 is 17.0 Å². The van der Waals surface area contributed by atoms with Gasteiger partial charge in [-0.05, 0) is 6.42 Å². The predicted molar refractivity (Wildman–Crippen MR) is 49.9 cm³/mol. The number of halogens is 1. The molecule has 5 heteroatoms. The van der Waals surface area contributed by atoms with Gasteiger partial charge in [-0.15, -0.1) is 0 Å². The second-order valence-electron chi connectivity index (χ2n) is 3.37. The van der Waals surface area contributed by atoms with Gasteiger partial charge in [0.1, 0.15) is 6.54 Å². The van der Waals surface area contributed by atoms with Crippen LogP contribution in [0.5, 0.6) is 0 Å². The molecule has 1 heterocycles. The van der Waals surface area contributed by atoms with Gasteiger partial charge in [-0.3, -0.25) is 9.48 Å². The fourth-order valence-electron chi connectivity index (χ4n) is 1.63. The van der Waals surface area contributed by atoms with Crippen LogP contribution in [0.15, 0.2) is 0 Å². The first-order chi connectivity index (χ1) is 5.66. The molecule has 2 N–H and O–H groups in total. The molecule has 0 bridgehead atoms. The van der Waals surface area contributed by atoms with Crippen molar-refractivity contribution in [1.82, 2.24) is 9.91 Å². The quantitative estimate of drug-likeness (QED) is 0.377. The van der Waals surface area contributed by atoms with E-state index in [2.05, 4.69) is 16.4 Å². The third-order valence-electron chi connectivity index (χ3n) is 2.04. The number of hydrazine groups is 1. The molecule has 0 spiro atoms. The lowest BCUT2D eigenvalue weighted by Gasteiger charge is -2.13. The van der Waals surface area contributed by atoms with E-state index in [1.807, 2.05) is 19.1 Å². The maximum atomic E-state index is 5.81. The lowest BCUT2D eigenvalue weighted by molar-refractivity contribution is -0.475. The first-order valence-electron chi connectivity index (χ1n) is 4.48. The van der Waals surface area contributed by atoms with Gasteiger partial charge in [-0.2, -0.15) is 10.9 Å². The van der Waals surface area contributed by atoms with Gasteiger partial charge in [0.15, 0.2) is 0 Å². The van der Waals surface area contributed by atoms with Crippen LogP contribution < -0.4 is 18.2 Å². The molecule has 0 aromatic carbocycles. The fraction of sp³-hybridized carbons (Fsp3) is 0.875. The van der Waals surface area contributed by atoms with E-state index in [0.29, 0.717) is 0 Å².